The Labute approximate surface area is 117 Å². The lowest BCUT2D eigenvalue weighted by atomic mass is 9.70. The van der Waals surface area contributed by atoms with Gasteiger partial charge in [-0.3, -0.25) is 5.32 Å². The molecule has 1 atom stereocenters. The molecule has 1 aromatic heterocycles. The number of nitrogens with zero attached hydrogens (tertiary/aromatic N) is 3. The number of carbonyl (C=O) groups is 1. The normalized spacial score (nSPS) is 21.2. The first-order chi connectivity index (χ1) is 8.85. The van der Waals surface area contributed by atoms with Gasteiger partial charge < -0.3 is 9.64 Å². The van der Waals surface area contributed by atoms with Crippen LogP contribution in [0, 0.1) is 11.3 Å². The van der Waals surface area contributed by atoms with E-state index in [0.717, 1.165) is 6.54 Å². The largest absolute Gasteiger partial charge is 0.472 e. The van der Waals surface area contributed by atoms with Gasteiger partial charge in [0.1, 0.15) is 0 Å². The second kappa shape index (κ2) is 4.96. The van der Waals surface area contributed by atoms with Gasteiger partial charge >= 0.3 is 6.03 Å². The summed E-state index contributed by atoms with van der Waals surface area (Å²) in [7, 11) is 1.53. The van der Waals surface area contributed by atoms with E-state index in [2.05, 4.69) is 43.2 Å². The standard InChI is InChI=1S/C12H20N4O2S/c1-7(2)8-12(3,4)6-16(8)10(17)13-9-14-15-11(18-5)19-9/h7-8H,6H2,1-5H3,(H,13,14,17). The summed E-state index contributed by atoms with van der Waals surface area (Å²) in [5, 5.41) is 11.3. The summed E-state index contributed by atoms with van der Waals surface area (Å²) < 4.78 is 4.95. The van der Waals surface area contributed by atoms with Gasteiger partial charge in [0.15, 0.2) is 0 Å². The SMILES string of the molecule is COc1nnc(NC(=O)N2CC(C)(C)C2C(C)C)s1. The molecule has 0 aromatic carbocycles. The summed E-state index contributed by atoms with van der Waals surface area (Å²) in [6.45, 7) is 9.42. The van der Waals surface area contributed by atoms with Crippen LogP contribution in [0.25, 0.3) is 0 Å². The Bertz CT molecular complexity index is 472. The predicted octanol–water partition coefficient (Wildman–Crippen LogP) is 2.45. The highest BCUT2D eigenvalue weighted by Crippen LogP contribution is 2.41. The van der Waals surface area contributed by atoms with Crippen molar-refractivity contribution in [1.29, 1.82) is 0 Å². The molecule has 0 bridgehead atoms. The zero-order valence-electron chi connectivity index (χ0n) is 11.9. The molecule has 1 unspecified atom stereocenters. The fourth-order valence-electron chi connectivity index (χ4n) is 2.91. The maximum absolute atomic E-state index is 12.2. The van der Waals surface area contributed by atoms with Gasteiger partial charge in [-0.2, -0.15) is 0 Å². The molecule has 1 N–H and O–H groups in total. The molecule has 1 aliphatic heterocycles. The first-order valence-electron chi connectivity index (χ1n) is 6.30. The van der Waals surface area contributed by atoms with Gasteiger partial charge in [-0.1, -0.05) is 32.8 Å². The average Bonchev–Trinajstić information content (AvgIpc) is 2.73. The lowest BCUT2D eigenvalue weighted by molar-refractivity contribution is -0.0363. The molecular weight excluding hydrogens is 264 g/mol. The Morgan fingerprint density at radius 1 is 1.53 bits per heavy atom. The molecule has 2 rings (SSSR count). The third kappa shape index (κ3) is 2.65. The van der Waals surface area contributed by atoms with Crippen molar-refractivity contribution in [3.63, 3.8) is 0 Å². The number of nitrogens with one attached hydrogen (secondary N) is 1. The van der Waals surface area contributed by atoms with Crippen LogP contribution < -0.4 is 10.1 Å². The van der Waals surface area contributed by atoms with E-state index in [-0.39, 0.29) is 17.5 Å². The molecule has 0 radical (unpaired) electrons. The van der Waals surface area contributed by atoms with E-state index in [9.17, 15) is 4.79 Å². The number of ether oxygens (including phenoxy) is 1. The Hall–Kier alpha value is -1.37. The van der Waals surface area contributed by atoms with Crippen LogP contribution >= 0.6 is 11.3 Å². The number of amides is 2. The third-order valence-corrected chi connectivity index (χ3v) is 4.20. The summed E-state index contributed by atoms with van der Waals surface area (Å²) in [5.74, 6) is 0.429. The minimum atomic E-state index is -0.114. The summed E-state index contributed by atoms with van der Waals surface area (Å²) in [5.41, 5.74) is 0.171. The Morgan fingerprint density at radius 3 is 2.68 bits per heavy atom. The lowest BCUT2D eigenvalue weighted by Crippen LogP contribution is -2.66. The summed E-state index contributed by atoms with van der Waals surface area (Å²) in [6, 6.07) is 0.138. The molecule has 1 fully saturated rings. The number of carbonyl (C=O) groups excluding carboxylic acids is 1. The first-order valence-corrected chi connectivity index (χ1v) is 7.12. The van der Waals surface area contributed by atoms with Crippen LogP contribution in [0.2, 0.25) is 0 Å². The fourth-order valence-corrected chi connectivity index (χ4v) is 3.46. The smallest absolute Gasteiger partial charge is 0.323 e. The molecule has 19 heavy (non-hydrogen) atoms. The van der Waals surface area contributed by atoms with Crippen LogP contribution in [0.5, 0.6) is 5.19 Å². The van der Waals surface area contributed by atoms with Gasteiger partial charge in [0.05, 0.1) is 7.11 Å². The van der Waals surface area contributed by atoms with Crippen LogP contribution in [-0.2, 0) is 0 Å². The molecule has 2 heterocycles. The average molecular weight is 284 g/mol. The number of hydrogen-bond donors (Lipinski definition) is 1. The van der Waals surface area contributed by atoms with Gasteiger partial charge in [-0.25, -0.2) is 4.79 Å². The molecule has 2 amide bonds. The molecule has 6 nitrogen and oxygen atoms in total. The molecule has 0 saturated carbocycles. The predicted molar refractivity (Wildman–Crippen MR) is 74.6 cm³/mol. The quantitative estimate of drug-likeness (QED) is 0.925. The highest BCUT2D eigenvalue weighted by Gasteiger charge is 2.49. The zero-order valence-corrected chi connectivity index (χ0v) is 12.7. The fraction of sp³-hybridized carbons (Fsp3) is 0.750. The topological polar surface area (TPSA) is 67.4 Å². The second-order valence-corrected chi connectivity index (χ2v) is 6.75. The molecule has 106 valence electrons. The van der Waals surface area contributed by atoms with Gasteiger partial charge in [-0.05, 0) is 17.3 Å². The highest BCUT2D eigenvalue weighted by molar-refractivity contribution is 7.17. The van der Waals surface area contributed by atoms with E-state index >= 15 is 0 Å². The van der Waals surface area contributed by atoms with Gasteiger partial charge in [0, 0.05) is 18.0 Å². The van der Waals surface area contributed by atoms with E-state index in [4.69, 9.17) is 4.74 Å². The molecule has 1 saturated heterocycles. The van der Waals surface area contributed by atoms with Crippen molar-refractivity contribution in [1.82, 2.24) is 15.1 Å². The summed E-state index contributed by atoms with van der Waals surface area (Å²) >= 11 is 1.22. The lowest BCUT2D eigenvalue weighted by Gasteiger charge is -2.56. The maximum Gasteiger partial charge on any atom is 0.323 e. The maximum atomic E-state index is 12.2. The molecule has 1 aromatic rings. The third-order valence-electron chi connectivity index (χ3n) is 3.40. The summed E-state index contributed by atoms with van der Waals surface area (Å²) in [6.07, 6.45) is 0. The van der Waals surface area contributed by atoms with Crippen LogP contribution in [0.3, 0.4) is 0 Å². The van der Waals surface area contributed by atoms with Gasteiger partial charge in [0.2, 0.25) is 5.13 Å². The van der Waals surface area contributed by atoms with Crippen LogP contribution in [0.4, 0.5) is 9.93 Å². The monoisotopic (exact) mass is 284 g/mol. The number of likely N-dealkylation sites (tertiary alicyclic amines) is 1. The molecule has 1 aliphatic rings. The minimum absolute atomic E-state index is 0.114. The first kappa shape index (κ1) is 14.0. The van der Waals surface area contributed by atoms with Crippen molar-refractivity contribution in [2.75, 3.05) is 19.0 Å². The molecule has 0 aliphatic carbocycles. The Balaban J connectivity index is 2.01. The highest BCUT2D eigenvalue weighted by atomic mass is 32.1. The number of aromatic nitrogens is 2. The van der Waals surface area contributed by atoms with Crippen LogP contribution in [-0.4, -0.2) is 40.8 Å². The number of rotatable bonds is 3. The van der Waals surface area contributed by atoms with Crippen molar-refractivity contribution in [2.24, 2.45) is 11.3 Å². The van der Waals surface area contributed by atoms with Gasteiger partial charge in [0.25, 0.3) is 5.19 Å². The van der Waals surface area contributed by atoms with E-state index in [1.165, 1.54) is 18.4 Å². The van der Waals surface area contributed by atoms with E-state index < -0.39 is 0 Å². The van der Waals surface area contributed by atoms with Crippen molar-refractivity contribution in [2.45, 2.75) is 33.7 Å². The van der Waals surface area contributed by atoms with Crippen molar-refractivity contribution in [3.05, 3.63) is 0 Å². The van der Waals surface area contributed by atoms with E-state index in [1.54, 1.807) is 0 Å². The number of methoxy groups -OCH3 is 1. The van der Waals surface area contributed by atoms with E-state index in [0.29, 0.717) is 16.2 Å². The molecule has 7 heteroatoms. The Kier molecular flexibility index (Phi) is 3.66. The molecular formula is C12H20N4O2S. The zero-order chi connectivity index (χ0) is 14.2. The van der Waals surface area contributed by atoms with Crippen molar-refractivity contribution >= 4 is 22.5 Å². The molecule has 0 spiro atoms. The van der Waals surface area contributed by atoms with Crippen LogP contribution in [0.15, 0.2) is 0 Å². The van der Waals surface area contributed by atoms with E-state index in [1.807, 2.05) is 4.90 Å². The number of hydrogen-bond acceptors (Lipinski definition) is 5. The minimum Gasteiger partial charge on any atom is -0.472 e. The van der Waals surface area contributed by atoms with Gasteiger partial charge in [-0.15, -0.1) is 5.10 Å². The van der Waals surface area contributed by atoms with Crippen molar-refractivity contribution in [3.8, 4) is 5.19 Å². The number of urea groups is 1. The van der Waals surface area contributed by atoms with Crippen LogP contribution in [0.1, 0.15) is 27.7 Å². The number of anilines is 1. The Morgan fingerprint density at radius 2 is 2.21 bits per heavy atom. The summed E-state index contributed by atoms with van der Waals surface area (Å²) in [4.78, 5) is 14.1. The van der Waals surface area contributed by atoms with Crippen molar-refractivity contribution < 1.29 is 9.53 Å². The second-order valence-electron chi connectivity index (χ2n) is 5.81.